The Kier molecular flexibility index (Phi) is 6.26. The fourth-order valence-electron chi connectivity index (χ4n) is 2.50. The maximum absolute atomic E-state index is 12.1. The summed E-state index contributed by atoms with van der Waals surface area (Å²) < 4.78 is 11.3. The van der Waals surface area contributed by atoms with E-state index in [0.717, 1.165) is 12.0 Å². The Morgan fingerprint density at radius 2 is 2.08 bits per heavy atom. The molecule has 0 spiro atoms. The largest absolute Gasteiger partial charge is 0.489 e. The van der Waals surface area contributed by atoms with Gasteiger partial charge in [0.1, 0.15) is 6.07 Å². The van der Waals surface area contributed by atoms with Crippen LogP contribution in [0, 0.1) is 11.3 Å². The maximum Gasteiger partial charge on any atom is 0.234 e. The summed E-state index contributed by atoms with van der Waals surface area (Å²) in [7, 11) is 0. The standard InChI is InChI=1S/C19H17ClN2O3S/c20-15-8-13(9-17-19(15)25-7-3-6-24-17)11-26-12-18(23)22-16-5-2-1-4-14(16)10-21/h1-2,4-5,8-9H,3,6-7,11-12H2,(H,22,23). The molecule has 2 aromatic carbocycles. The van der Waals surface area contributed by atoms with Crippen LogP contribution in [-0.2, 0) is 10.5 Å². The lowest BCUT2D eigenvalue weighted by molar-refractivity contribution is -0.113. The van der Waals surface area contributed by atoms with Crippen molar-refractivity contribution in [3.63, 3.8) is 0 Å². The van der Waals surface area contributed by atoms with Crippen LogP contribution in [0.3, 0.4) is 0 Å². The summed E-state index contributed by atoms with van der Waals surface area (Å²) in [5, 5.41) is 12.3. The number of carbonyl (C=O) groups excluding carboxylic acids is 1. The molecule has 1 aliphatic rings. The lowest BCUT2D eigenvalue weighted by Crippen LogP contribution is -2.15. The van der Waals surface area contributed by atoms with Gasteiger partial charge in [0, 0.05) is 12.2 Å². The Bertz CT molecular complexity index is 851. The number of para-hydroxylation sites is 1. The van der Waals surface area contributed by atoms with Crippen LogP contribution in [0.4, 0.5) is 5.69 Å². The molecule has 1 aliphatic heterocycles. The molecule has 5 nitrogen and oxygen atoms in total. The number of anilines is 1. The number of fused-ring (bicyclic) bond motifs is 1. The molecule has 0 aromatic heterocycles. The quantitative estimate of drug-likeness (QED) is 0.829. The van der Waals surface area contributed by atoms with Gasteiger partial charge in [0.05, 0.1) is 35.2 Å². The third-order valence-electron chi connectivity index (χ3n) is 3.69. The van der Waals surface area contributed by atoms with E-state index < -0.39 is 0 Å². The van der Waals surface area contributed by atoms with Crippen LogP contribution < -0.4 is 14.8 Å². The van der Waals surface area contributed by atoms with Crippen LogP contribution in [0.5, 0.6) is 11.5 Å². The second-order valence-electron chi connectivity index (χ2n) is 5.65. The van der Waals surface area contributed by atoms with Gasteiger partial charge < -0.3 is 14.8 Å². The first-order valence-electron chi connectivity index (χ1n) is 8.12. The second-order valence-corrected chi connectivity index (χ2v) is 7.05. The second kappa shape index (κ2) is 8.84. The zero-order chi connectivity index (χ0) is 18.4. The van der Waals surface area contributed by atoms with E-state index in [9.17, 15) is 4.79 Å². The van der Waals surface area contributed by atoms with Crippen molar-refractivity contribution in [2.45, 2.75) is 12.2 Å². The summed E-state index contributed by atoms with van der Waals surface area (Å²) in [6.07, 6.45) is 0.819. The number of halogens is 1. The predicted molar refractivity (Wildman–Crippen MR) is 103 cm³/mol. The number of carbonyl (C=O) groups is 1. The molecule has 0 aliphatic carbocycles. The zero-order valence-electron chi connectivity index (χ0n) is 14.0. The normalized spacial score (nSPS) is 12.8. The van der Waals surface area contributed by atoms with Crippen LogP contribution in [0.2, 0.25) is 5.02 Å². The molecule has 134 valence electrons. The molecule has 1 amide bonds. The van der Waals surface area contributed by atoms with E-state index in [1.807, 2.05) is 12.1 Å². The molecule has 26 heavy (non-hydrogen) atoms. The van der Waals surface area contributed by atoms with Gasteiger partial charge in [0.25, 0.3) is 0 Å². The third kappa shape index (κ3) is 4.63. The van der Waals surface area contributed by atoms with Crippen LogP contribution in [-0.4, -0.2) is 24.9 Å². The van der Waals surface area contributed by atoms with E-state index in [2.05, 4.69) is 11.4 Å². The van der Waals surface area contributed by atoms with Crippen molar-refractivity contribution in [2.75, 3.05) is 24.3 Å². The molecule has 2 aromatic rings. The van der Waals surface area contributed by atoms with Gasteiger partial charge in [-0.25, -0.2) is 0 Å². The van der Waals surface area contributed by atoms with E-state index in [-0.39, 0.29) is 11.7 Å². The number of thioether (sulfide) groups is 1. The summed E-state index contributed by atoms with van der Waals surface area (Å²) in [6, 6.07) is 12.7. The van der Waals surface area contributed by atoms with Crippen molar-refractivity contribution < 1.29 is 14.3 Å². The smallest absolute Gasteiger partial charge is 0.234 e. The van der Waals surface area contributed by atoms with E-state index >= 15 is 0 Å². The van der Waals surface area contributed by atoms with Crippen LogP contribution in [0.15, 0.2) is 36.4 Å². The lowest BCUT2D eigenvalue weighted by atomic mass is 10.2. The number of hydrogen-bond acceptors (Lipinski definition) is 5. The number of rotatable bonds is 5. The van der Waals surface area contributed by atoms with Gasteiger partial charge >= 0.3 is 0 Å². The van der Waals surface area contributed by atoms with Gasteiger partial charge in [0.15, 0.2) is 11.5 Å². The molecule has 0 bridgehead atoms. The highest BCUT2D eigenvalue weighted by atomic mass is 35.5. The Labute approximate surface area is 161 Å². The Hall–Kier alpha value is -2.36. The molecule has 0 radical (unpaired) electrons. The first-order chi connectivity index (χ1) is 12.7. The predicted octanol–water partition coefficient (Wildman–Crippen LogP) is 4.24. The average molecular weight is 389 g/mol. The Balaban J connectivity index is 1.56. The van der Waals surface area contributed by atoms with Gasteiger partial charge in [-0.2, -0.15) is 5.26 Å². The van der Waals surface area contributed by atoms with Crippen molar-refractivity contribution in [3.8, 4) is 17.6 Å². The minimum absolute atomic E-state index is 0.154. The number of nitriles is 1. The number of hydrogen-bond donors (Lipinski definition) is 1. The molecule has 7 heteroatoms. The number of nitrogens with zero attached hydrogens (tertiary/aromatic N) is 1. The number of ether oxygens (including phenoxy) is 2. The number of benzene rings is 2. The average Bonchev–Trinajstić information content (AvgIpc) is 2.88. The molecular formula is C19H17ClN2O3S. The third-order valence-corrected chi connectivity index (χ3v) is 4.97. The molecule has 0 atom stereocenters. The first kappa shape index (κ1) is 18.4. The molecule has 1 N–H and O–H groups in total. The highest BCUT2D eigenvalue weighted by Crippen LogP contribution is 2.38. The molecule has 0 saturated heterocycles. The summed E-state index contributed by atoms with van der Waals surface area (Å²) >= 11 is 7.74. The monoisotopic (exact) mass is 388 g/mol. The van der Waals surface area contributed by atoms with Crippen molar-refractivity contribution in [2.24, 2.45) is 0 Å². The van der Waals surface area contributed by atoms with Gasteiger partial charge in [-0.1, -0.05) is 23.7 Å². The van der Waals surface area contributed by atoms with E-state index in [1.165, 1.54) is 11.8 Å². The van der Waals surface area contributed by atoms with Gasteiger partial charge in [-0.15, -0.1) is 11.8 Å². The van der Waals surface area contributed by atoms with Gasteiger partial charge in [-0.05, 0) is 29.8 Å². The fourth-order valence-corrected chi connectivity index (χ4v) is 3.55. The highest BCUT2D eigenvalue weighted by molar-refractivity contribution is 7.99. The van der Waals surface area contributed by atoms with Crippen molar-refractivity contribution >= 4 is 35.0 Å². The van der Waals surface area contributed by atoms with E-state index in [0.29, 0.717) is 46.7 Å². The molecule has 0 unspecified atom stereocenters. The fraction of sp³-hybridized carbons (Fsp3) is 0.263. The van der Waals surface area contributed by atoms with E-state index in [4.69, 9.17) is 26.3 Å². The molecule has 0 saturated carbocycles. The number of amides is 1. The summed E-state index contributed by atoms with van der Waals surface area (Å²) in [4.78, 5) is 12.1. The minimum atomic E-state index is -0.154. The van der Waals surface area contributed by atoms with Crippen molar-refractivity contribution in [1.82, 2.24) is 0 Å². The maximum atomic E-state index is 12.1. The topological polar surface area (TPSA) is 71.4 Å². The Morgan fingerprint density at radius 1 is 1.27 bits per heavy atom. The van der Waals surface area contributed by atoms with Crippen molar-refractivity contribution in [3.05, 3.63) is 52.5 Å². The highest BCUT2D eigenvalue weighted by Gasteiger charge is 2.16. The minimum Gasteiger partial charge on any atom is -0.489 e. The lowest BCUT2D eigenvalue weighted by Gasteiger charge is -2.11. The van der Waals surface area contributed by atoms with Crippen LogP contribution >= 0.6 is 23.4 Å². The zero-order valence-corrected chi connectivity index (χ0v) is 15.5. The van der Waals surface area contributed by atoms with Crippen LogP contribution in [0.1, 0.15) is 17.5 Å². The summed E-state index contributed by atoms with van der Waals surface area (Å²) in [6.45, 7) is 1.19. The summed E-state index contributed by atoms with van der Waals surface area (Å²) in [5.41, 5.74) is 1.94. The Morgan fingerprint density at radius 3 is 2.92 bits per heavy atom. The van der Waals surface area contributed by atoms with Crippen molar-refractivity contribution in [1.29, 1.82) is 5.26 Å². The van der Waals surface area contributed by atoms with Gasteiger partial charge in [-0.3, -0.25) is 4.79 Å². The van der Waals surface area contributed by atoms with Gasteiger partial charge in [0.2, 0.25) is 5.91 Å². The summed E-state index contributed by atoms with van der Waals surface area (Å²) in [5.74, 6) is 1.97. The van der Waals surface area contributed by atoms with E-state index in [1.54, 1.807) is 24.3 Å². The first-order valence-corrected chi connectivity index (χ1v) is 9.65. The molecular weight excluding hydrogens is 372 g/mol. The number of nitrogens with one attached hydrogen (secondary N) is 1. The SMILES string of the molecule is N#Cc1ccccc1NC(=O)CSCc1cc(Cl)c2c(c1)OCCCO2. The van der Waals surface area contributed by atoms with Crippen LogP contribution in [0.25, 0.3) is 0 Å². The molecule has 0 fully saturated rings. The molecule has 3 rings (SSSR count). The molecule has 1 heterocycles.